The van der Waals surface area contributed by atoms with Crippen LogP contribution in [0, 0.1) is 5.21 Å². The Morgan fingerprint density at radius 1 is 1.64 bits per heavy atom. The van der Waals surface area contributed by atoms with E-state index in [-0.39, 0.29) is 0 Å². The monoisotopic (exact) mass is 151 g/mol. The molecule has 1 aromatic heterocycles. The third-order valence-electron chi connectivity index (χ3n) is 1.95. The molecule has 1 fully saturated rings. The van der Waals surface area contributed by atoms with Gasteiger partial charge in [0, 0.05) is 6.07 Å². The SMILES string of the molecule is NC1(c2nccc[n+]2[O-])CC1. The molecule has 0 radical (unpaired) electrons. The van der Waals surface area contributed by atoms with E-state index in [2.05, 4.69) is 4.98 Å². The van der Waals surface area contributed by atoms with Gasteiger partial charge in [-0.05, 0) is 12.8 Å². The van der Waals surface area contributed by atoms with Gasteiger partial charge in [0.2, 0.25) is 0 Å². The Morgan fingerprint density at radius 3 is 2.91 bits per heavy atom. The summed E-state index contributed by atoms with van der Waals surface area (Å²) in [7, 11) is 0. The lowest BCUT2D eigenvalue weighted by atomic mass is 10.3. The number of nitrogens with zero attached hydrogens (tertiary/aromatic N) is 2. The molecule has 0 bridgehead atoms. The predicted octanol–water partition coefficient (Wildman–Crippen LogP) is -0.337. The number of nitrogens with two attached hydrogens (primary N) is 1. The number of hydrogen-bond donors (Lipinski definition) is 1. The van der Waals surface area contributed by atoms with E-state index in [0.717, 1.165) is 17.6 Å². The Balaban J connectivity index is 2.45. The standard InChI is InChI=1S/C7H9N3O/c8-7(2-3-7)6-9-4-1-5-10(6)11/h1,4-5H,2-3,8H2. The lowest BCUT2D eigenvalue weighted by Crippen LogP contribution is -2.40. The first-order valence-electron chi connectivity index (χ1n) is 3.56. The van der Waals surface area contributed by atoms with Crippen LogP contribution < -0.4 is 10.5 Å². The Labute approximate surface area is 64.3 Å². The fraction of sp³-hybridized carbons (Fsp3) is 0.429. The molecule has 1 heterocycles. The summed E-state index contributed by atoms with van der Waals surface area (Å²) in [5, 5.41) is 11.1. The van der Waals surface area contributed by atoms with E-state index in [4.69, 9.17) is 5.73 Å². The first-order chi connectivity index (χ1) is 5.22. The predicted molar refractivity (Wildman–Crippen MR) is 38.3 cm³/mol. The lowest BCUT2D eigenvalue weighted by molar-refractivity contribution is -0.620. The van der Waals surface area contributed by atoms with Crippen LogP contribution in [0.3, 0.4) is 0 Å². The Kier molecular flexibility index (Phi) is 1.14. The fourth-order valence-electron chi connectivity index (χ4n) is 1.06. The molecule has 0 aromatic carbocycles. The van der Waals surface area contributed by atoms with Gasteiger partial charge in [-0.1, -0.05) is 4.98 Å². The van der Waals surface area contributed by atoms with E-state index < -0.39 is 5.54 Å². The normalized spacial score (nSPS) is 19.7. The average molecular weight is 151 g/mol. The second kappa shape index (κ2) is 1.92. The van der Waals surface area contributed by atoms with Crippen molar-refractivity contribution < 1.29 is 4.73 Å². The molecule has 2 rings (SSSR count). The van der Waals surface area contributed by atoms with Gasteiger partial charge >= 0.3 is 5.82 Å². The Morgan fingerprint density at radius 2 is 2.36 bits per heavy atom. The molecule has 1 aromatic rings. The minimum atomic E-state index is -0.428. The van der Waals surface area contributed by atoms with E-state index in [1.165, 1.54) is 6.20 Å². The maximum absolute atomic E-state index is 11.1. The lowest BCUT2D eigenvalue weighted by Gasteiger charge is -2.08. The van der Waals surface area contributed by atoms with E-state index in [9.17, 15) is 5.21 Å². The highest BCUT2D eigenvalue weighted by atomic mass is 16.5. The van der Waals surface area contributed by atoms with Crippen molar-refractivity contribution in [2.75, 3.05) is 0 Å². The highest BCUT2D eigenvalue weighted by Gasteiger charge is 2.48. The van der Waals surface area contributed by atoms with Gasteiger partial charge in [-0.15, -0.1) is 0 Å². The number of aromatic nitrogens is 2. The summed E-state index contributed by atoms with van der Waals surface area (Å²) < 4.78 is 0.743. The molecule has 4 heteroatoms. The molecule has 11 heavy (non-hydrogen) atoms. The van der Waals surface area contributed by atoms with Crippen LogP contribution in [0.15, 0.2) is 18.5 Å². The van der Waals surface area contributed by atoms with Crippen molar-refractivity contribution >= 4 is 0 Å². The van der Waals surface area contributed by atoms with Crippen molar-refractivity contribution in [2.24, 2.45) is 5.73 Å². The highest BCUT2D eigenvalue weighted by Crippen LogP contribution is 2.39. The molecule has 0 atom stereocenters. The molecule has 0 unspecified atom stereocenters. The third-order valence-corrected chi connectivity index (χ3v) is 1.95. The first-order valence-corrected chi connectivity index (χ1v) is 3.56. The zero-order chi connectivity index (χ0) is 7.90. The van der Waals surface area contributed by atoms with Crippen molar-refractivity contribution in [3.8, 4) is 0 Å². The zero-order valence-corrected chi connectivity index (χ0v) is 6.03. The van der Waals surface area contributed by atoms with Gasteiger partial charge in [0.15, 0.2) is 0 Å². The molecular weight excluding hydrogens is 142 g/mol. The Hall–Kier alpha value is -1.16. The number of hydrogen-bond acceptors (Lipinski definition) is 3. The topological polar surface area (TPSA) is 65.8 Å². The van der Waals surface area contributed by atoms with Crippen LogP contribution in [-0.2, 0) is 5.54 Å². The summed E-state index contributed by atoms with van der Waals surface area (Å²) in [5.41, 5.74) is 5.36. The first kappa shape index (κ1) is 6.54. The summed E-state index contributed by atoms with van der Waals surface area (Å²) in [6.07, 6.45) is 4.75. The van der Waals surface area contributed by atoms with E-state index in [0.29, 0.717) is 5.82 Å². The van der Waals surface area contributed by atoms with Crippen LogP contribution in [-0.4, -0.2) is 4.98 Å². The second-order valence-electron chi connectivity index (χ2n) is 2.93. The highest BCUT2D eigenvalue weighted by molar-refractivity contribution is 5.10. The molecule has 1 aliphatic rings. The maximum Gasteiger partial charge on any atom is 0.321 e. The van der Waals surface area contributed by atoms with Gasteiger partial charge in [0.05, 0.1) is 6.20 Å². The molecule has 58 valence electrons. The average Bonchev–Trinajstić information content (AvgIpc) is 2.70. The molecule has 0 saturated heterocycles. The molecule has 4 nitrogen and oxygen atoms in total. The summed E-state index contributed by atoms with van der Waals surface area (Å²) in [4.78, 5) is 3.94. The van der Waals surface area contributed by atoms with Gasteiger partial charge in [0.25, 0.3) is 0 Å². The fourth-order valence-corrected chi connectivity index (χ4v) is 1.06. The molecule has 0 aliphatic heterocycles. The van der Waals surface area contributed by atoms with Crippen LogP contribution in [0.4, 0.5) is 0 Å². The minimum Gasteiger partial charge on any atom is -0.711 e. The summed E-state index contributed by atoms with van der Waals surface area (Å²) in [6.45, 7) is 0. The van der Waals surface area contributed by atoms with Gasteiger partial charge in [-0.25, -0.2) is 4.73 Å². The molecule has 0 spiro atoms. The summed E-state index contributed by atoms with van der Waals surface area (Å²) >= 11 is 0. The van der Waals surface area contributed by atoms with Crippen molar-refractivity contribution in [3.05, 3.63) is 29.5 Å². The van der Waals surface area contributed by atoms with E-state index >= 15 is 0 Å². The van der Waals surface area contributed by atoms with Crippen LogP contribution in [0.2, 0.25) is 0 Å². The molecule has 1 saturated carbocycles. The van der Waals surface area contributed by atoms with E-state index in [1.54, 1.807) is 12.3 Å². The molecule has 2 N–H and O–H groups in total. The smallest absolute Gasteiger partial charge is 0.321 e. The van der Waals surface area contributed by atoms with Crippen molar-refractivity contribution in [3.63, 3.8) is 0 Å². The molecule has 1 aliphatic carbocycles. The molecular formula is C7H9N3O. The van der Waals surface area contributed by atoms with Crippen LogP contribution in [0.1, 0.15) is 18.7 Å². The number of rotatable bonds is 1. The second-order valence-corrected chi connectivity index (χ2v) is 2.93. The quantitative estimate of drug-likeness (QED) is 0.441. The third kappa shape index (κ3) is 0.952. The largest absolute Gasteiger partial charge is 0.711 e. The van der Waals surface area contributed by atoms with Crippen LogP contribution in [0.5, 0.6) is 0 Å². The summed E-state index contributed by atoms with van der Waals surface area (Å²) in [5.74, 6) is 0.444. The van der Waals surface area contributed by atoms with Gasteiger partial charge < -0.3 is 10.9 Å². The van der Waals surface area contributed by atoms with Crippen molar-refractivity contribution in [2.45, 2.75) is 18.4 Å². The van der Waals surface area contributed by atoms with Crippen molar-refractivity contribution in [1.29, 1.82) is 0 Å². The van der Waals surface area contributed by atoms with E-state index in [1.807, 2.05) is 0 Å². The zero-order valence-electron chi connectivity index (χ0n) is 6.03. The Bertz CT molecular complexity index is 283. The minimum absolute atomic E-state index is 0.428. The van der Waals surface area contributed by atoms with Crippen molar-refractivity contribution in [1.82, 2.24) is 4.98 Å². The van der Waals surface area contributed by atoms with Gasteiger partial charge in [-0.2, -0.15) is 0 Å². The van der Waals surface area contributed by atoms with Crippen LogP contribution in [0.25, 0.3) is 0 Å². The summed E-state index contributed by atoms with van der Waals surface area (Å²) in [6, 6.07) is 1.60. The van der Waals surface area contributed by atoms with Gasteiger partial charge in [0.1, 0.15) is 11.7 Å². The molecule has 0 amide bonds. The van der Waals surface area contributed by atoms with Crippen LogP contribution >= 0.6 is 0 Å². The van der Waals surface area contributed by atoms with Gasteiger partial charge in [-0.3, -0.25) is 0 Å². The maximum atomic E-state index is 11.1.